The lowest BCUT2D eigenvalue weighted by Crippen LogP contribution is -2.20. The van der Waals surface area contributed by atoms with Crippen LogP contribution in [0.4, 0.5) is 4.39 Å². The number of aryl methyl sites for hydroxylation is 1. The topological polar surface area (TPSA) is 106 Å². The van der Waals surface area contributed by atoms with Gasteiger partial charge in [0.25, 0.3) is 0 Å². The minimum absolute atomic E-state index is 0.00318. The fourth-order valence-corrected chi connectivity index (χ4v) is 3.28. The summed E-state index contributed by atoms with van der Waals surface area (Å²) in [6, 6.07) is 10.1. The Balaban J connectivity index is 1.54. The lowest BCUT2D eigenvalue weighted by atomic mass is 9.95. The number of hydrogen-bond donors (Lipinski definition) is 2. The fraction of sp³-hybridized carbons (Fsp3) is 0.125. The molecule has 3 aromatic rings. The van der Waals surface area contributed by atoms with Gasteiger partial charge in [0.1, 0.15) is 40.5 Å². The Labute approximate surface area is 182 Å². The van der Waals surface area contributed by atoms with E-state index in [1.165, 1.54) is 30.3 Å². The molecule has 0 saturated carbocycles. The van der Waals surface area contributed by atoms with Crippen LogP contribution < -0.4 is 9.47 Å². The summed E-state index contributed by atoms with van der Waals surface area (Å²) in [6.45, 7) is 1.75. The number of ether oxygens (including phenoxy) is 2. The van der Waals surface area contributed by atoms with Crippen molar-refractivity contribution in [2.24, 2.45) is 0 Å². The van der Waals surface area contributed by atoms with Crippen molar-refractivity contribution in [3.8, 4) is 23.0 Å². The van der Waals surface area contributed by atoms with Gasteiger partial charge < -0.3 is 19.7 Å². The second kappa shape index (κ2) is 8.50. The number of fused-ring (bicyclic) bond motifs is 1. The Bertz CT molecular complexity index is 1240. The molecule has 7 nitrogen and oxygen atoms in total. The number of esters is 1. The fourth-order valence-electron chi connectivity index (χ4n) is 3.28. The number of carbonyl (C=O) groups excluding carboxylic acids is 2. The third kappa shape index (κ3) is 4.44. The smallest absolute Gasteiger partial charge is 0.336 e. The number of rotatable bonds is 4. The molecule has 4 rings (SSSR count). The molecule has 1 aliphatic rings. The van der Waals surface area contributed by atoms with Crippen LogP contribution in [-0.2, 0) is 4.79 Å². The first-order valence-electron chi connectivity index (χ1n) is 9.68. The van der Waals surface area contributed by atoms with Gasteiger partial charge in [0.2, 0.25) is 0 Å². The molecular weight excluding hydrogens is 417 g/mol. The zero-order valence-electron chi connectivity index (χ0n) is 16.9. The minimum atomic E-state index is -0.766. The second-order valence-corrected chi connectivity index (χ2v) is 7.25. The summed E-state index contributed by atoms with van der Waals surface area (Å²) < 4.78 is 24.0. The van der Waals surface area contributed by atoms with E-state index in [0.717, 1.165) is 18.3 Å². The van der Waals surface area contributed by atoms with Gasteiger partial charge in [-0.3, -0.25) is 9.78 Å². The molecule has 2 aromatic carbocycles. The molecule has 0 saturated heterocycles. The predicted molar refractivity (Wildman–Crippen MR) is 112 cm³/mol. The van der Waals surface area contributed by atoms with Crippen LogP contribution in [0.5, 0.6) is 23.0 Å². The van der Waals surface area contributed by atoms with Gasteiger partial charge in [-0.1, -0.05) is 12.1 Å². The van der Waals surface area contributed by atoms with Crippen LogP contribution >= 0.6 is 0 Å². The largest absolute Gasteiger partial charge is 0.508 e. The number of hydrogen-bond acceptors (Lipinski definition) is 7. The van der Waals surface area contributed by atoms with Crippen LogP contribution in [0.1, 0.15) is 39.7 Å². The minimum Gasteiger partial charge on any atom is -0.508 e. The quantitative estimate of drug-likeness (QED) is 0.358. The van der Waals surface area contributed by atoms with Crippen molar-refractivity contribution in [3.63, 3.8) is 0 Å². The van der Waals surface area contributed by atoms with Crippen LogP contribution in [0, 0.1) is 12.7 Å². The standard InChI is InChI=1S/C24H18FNO6/c1-13-2-3-14(8-18(13)27)21-11-20(29)24-19(28)9-17(10-22(24)32-21)31-23(30)7-6-16-5-4-15(25)12-26-16/h2-10,12,21,27-28H,11H2,1H3/b7-6+/t21-/m0/s1. The first-order valence-corrected chi connectivity index (χ1v) is 9.68. The number of halogens is 1. The maximum Gasteiger partial charge on any atom is 0.336 e. The van der Waals surface area contributed by atoms with E-state index in [1.807, 2.05) is 0 Å². The number of aromatic hydroxyl groups is 2. The summed E-state index contributed by atoms with van der Waals surface area (Å²) in [5, 5.41) is 20.3. The number of carbonyl (C=O) groups is 2. The zero-order valence-corrected chi connectivity index (χ0v) is 16.9. The summed E-state index contributed by atoms with van der Waals surface area (Å²) >= 11 is 0. The molecule has 2 N–H and O–H groups in total. The molecule has 162 valence electrons. The summed E-state index contributed by atoms with van der Waals surface area (Å²) in [5.74, 6) is -1.85. The Morgan fingerprint density at radius 3 is 2.72 bits per heavy atom. The third-order valence-corrected chi connectivity index (χ3v) is 4.94. The van der Waals surface area contributed by atoms with Gasteiger partial charge in [0.15, 0.2) is 5.78 Å². The molecule has 32 heavy (non-hydrogen) atoms. The van der Waals surface area contributed by atoms with E-state index < -0.39 is 17.9 Å². The molecule has 0 spiro atoms. The number of benzene rings is 2. The molecule has 0 bridgehead atoms. The van der Waals surface area contributed by atoms with Gasteiger partial charge in [0.05, 0.1) is 18.3 Å². The molecule has 0 amide bonds. The van der Waals surface area contributed by atoms with E-state index in [-0.39, 0.29) is 40.8 Å². The third-order valence-electron chi connectivity index (χ3n) is 4.94. The highest BCUT2D eigenvalue weighted by molar-refractivity contribution is 6.03. The molecule has 1 aromatic heterocycles. The van der Waals surface area contributed by atoms with Gasteiger partial charge in [-0.05, 0) is 42.3 Å². The van der Waals surface area contributed by atoms with Crippen molar-refractivity contribution in [1.82, 2.24) is 4.98 Å². The first kappa shape index (κ1) is 21.0. The molecule has 1 atom stereocenters. The molecular formula is C24H18FNO6. The monoisotopic (exact) mass is 435 g/mol. The van der Waals surface area contributed by atoms with Crippen LogP contribution in [0.15, 0.2) is 54.7 Å². The van der Waals surface area contributed by atoms with Gasteiger partial charge in [-0.15, -0.1) is 0 Å². The average molecular weight is 435 g/mol. The van der Waals surface area contributed by atoms with Crippen LogP contribution in [-0.4, -0.2) is 26.9 Å². The van der Waals surface area contributed by atoms with E-state index in [0.29, 0.717) is 16.8 Å². The van der Waals surface area contributed by atoms with Gasteiger partial charge in [0, 0.05) is 18.2 Å². The molecule has 0 unspecified atom stereocenters. The Hall–Kier alpha value is -4.20. The Morgan fingerprint density at radius 2 is 2.00 bits per heavy atom. The summed E-state index contributed by atoms with van der Waals surface area (Å²) in [5.41, 5.74) is 1.65. The van der Waals surface area contributed by atoms with Crippen molar-refractivity contribution >= 4 is 17.8 Å². The maximum absolute atomic E-state index is 12.9. The molecule has 0 aliphatic carbocycles. The van der Waals surface area contributed by atoms with Gasteiger partial charge >= 0.3 is 5.97 Å². The highest BCUT2D eigenvalue weighted by Gasteiger charge is 2.31. The molecule has 1 aliphatic heterocycles. The van der Waals surface area contributed by atoms with Crippen molar-refractivity contribution in [3.05, 3.63) is 82.9 Å². The number of pyridine rings is 1. The molecule has 8 heteroatoms. The molecule has 0 fully saturated rings. The number of Topliss-reactive ketones (excluding diaryl/α,β-unsaturated/α-hetero) is 1. The lowest BCUT2D eigenvalue weighted by Gasteiger charge is -2.26. The average Bonchev–Trinajstić information content (AvgIpc) is 2.74. The van der Waals surface area contributed by atoms with E-state index >= 15 is 0 Å². The van der Waals surface area contributed by atoms with E-state index in [2.05, 4.69) is 4.98 Å². The number of nitrogens with zero attached hydrogens (tertiary/aromatic N) is 1. The highest BCUT2D eigenvalue weighted by Crippen LogP contribution is 2.42. The van der Waals surface area contributed by atoms with Crippen molar-refractivity contribution < 1.29 is 33.7 Å². The molecule has 0 radical (unpaired) electrons. The van der Waals surface area contributed by atoms with Crippen LogP contribution in [0.3, 0.4) is 0 Å². The maximum atomic E-state index is 12.9. The number of phenolic OH excluding ortho intramolecular Hbond substituents is 2. The number of aromatic nitrogens is 1. The van der Waals surface area contributed by atoms with Gasteiger partial charge in [-0.2, -0.15) is 0 Å². The lowest BCUT2D eigenvalue weighted by molar-refractivity contribution is -0.128. The number of ketones is 1. The van der Waals surface area contributed by atoms with E-state index in [4.69, 9.17) is 9.47 Å². The zero-order chi connectivity index (χ0) is 22.8. The second-order valence-electron chi connectivity index (χ2n) is 7.25. The summed E-state index contributed by atoms with van der Waals surface area (Å²) in [4.78, 5) is 28.5. The SMILES string of the molecule is Cc1ccc([C@@H]2CC(=O)c3c(O)cc(OC(=O)/C=C/c4ccc(F)cn4)cc3O2)cc1O. The summed E-state index contributed by atoms with van der Waals surface area (Å²) in [7, 11) is 0. The summed E-state index contributed by atoms with van der Waals surface area (Å²) in [6.07, 6.45) is 2.78. The van der Waals surface area contributed by atoms with Gasteiger partial charge in [-0.25, -0.2) is 9.18 Å². The molecule has 2 heterocycles. The van der Waals surface area contributed by atoms with E-state index in [9.17, 15) is 24.2 Å². The predicted octanol–water partition coefficient (Wildman–Crippen LogP) is 4.27. The van der Waals surface area contributed by atoms with Crippen molar-refractivity contribution in [2.75, 3.05) is 0 Å². The van der Waals surface area contributed by atoms with Crippen molar-refractivity contribution in [2.45, 2.75) is 19.4 Å². The Kier molecular flexibility index (Phi) is 5.59. The first-order chi connectivity index (χ1) is 15.3. The highest BCUT2D eigenvalue weighted by atomic mass is 19.1. The Morgan fingerprint density at radius 1 is 1.19 bits per heavy atom. The van der Waals surface area contributed by atoms with Crippen LogP contribution in [0.2, 0.25) is 0 Å². The van der Waals surface area contributed by atoms with Crippen LogP contribution in [0.25, 0.3) is 6.08 Å². The van der Waals surface area contributed by atoms with Crippen molar-refractivity contribution in [1.29, 1.82) is 0 Å². The number of phenols is 2. The van der Waals surface area contributed by atoms with E-state index in [1.54, 1.807) is 19.1 Å². The normalized spacial score (nSPS) is 15.3.